The summed E-state index contributed by atoms with van der Waals surface area (Å²) in [5, 5.41) is 4.32. The molecule has 7 heteroatoms. The van der Waals surface area contributed by atoms with E-state index in [9.17, 15) is 4.79 Å². The lowest BCUT2D eigenvalue weighted by Gasteiger charge is -2.03. The number of nitrogens with one attached hydrogen (secondary N) is 1. The number of hydrogen-bond donors (Lipinski definition) is 1. The largest absolute Gasteiger partial charge is 0.454 e. The van der Waals surface area contributed by atoms with Crippen molar-refractivity contribution in [2.24, 2.45) is 0 Å². The van der Waals surface area contributed by atoms with Gasteiger partial charge in [-0.1, -0.05) is 30.3 Å². The van der Waals surface area contributed by atoms with Gasteiger partial charge in [-0.25, -0.2) is 0 Å². The van der Waals surface area contributed by atoms with E-state index >= 15 is 0 Å². The number of aromatic nitrogens is 4. The van der Waals surface area contributed by atoms with Gasteiger partial charge < -0.3 is 14.5 Å². The summed E-state index contributed by atoms with van der Waals surface area (Å²) in [6, 6.07) is 16.9. The van der Waals surface area contributed by atoms with Crippen LogP contribution in [0.4, 0.5) is 0 Å². The lowest BCUT2D eigenvalue weighted by molar-refractivity contribution is 0.174. The monoisotopic (exact) mass is 346 g/mol. The Morgan fingerprint density at radius 1 is 1.04 bits per heavy atom. The Hall–Kier alpha value is -3.61. The molecule has 1 N–H and O–H groups in total. The van der Waals surface area contributed by atoms with Crippen LogP contribution in [0, 0.1) is 0 Å². The number of aromatic amines is 1. The highest BCUT2D eigenvalue weighted by Crippen LogP contribution is 2.35. The first-order valence-electron chi connectivity index (χ1n) is 8.19. The van der Waals surface area contributed by atoms with Crippen LogP contribution in [-0.4, -0.2) is 26.4 Å². The van der Waals surface area contributed by atoms with Crippen LogP contribution in [-0.2, 0) is 6.42 Å². The van der Waals surface area contributed by atoms with E-state index in [1.807, 2.05) is 48.5 Å². The summed E-state index contributed by atoms with van der Waals surface area (Å²) >= 11 is 0. The van der Waals surface area contributed by atoms with Gasteiger partial charge >= 0.3 is 0 Å². The highest BCUT2D eigenvalue weighted by atomic mass is 16.7. The molecule has 26 heavy (non-hydrogen) atoms. The van der Waals surface area contributed by atoms with Crippen LogP contribution in [0.5, 0.6) is 11.5 Å². The fourth-order valence-corrected chi connectivity index (χ4v) is 3.00. The first-order chi connectivity index (χ1) is 12.8. The van der Waals surface area contributed by atoms with Crippen molar-refractivity contribution in [1.82, 2.24) is 19.6 Å². The maximum Gasteiger partial charge on any atom is 0.276 e. The number of H-pyrrole nitrogens is 1. The van der Waals surface area contributed by atoms with E-state index in [0.29, 0.717) is 35.2 Å². The molecule has 2 aromatic carbocycles. The van der Waals surface area contributed by atoms with Crippen molar-refractivity contribution < 1.29 is 9.47 Å². The Morgan fingerprint density at radius 2 is 1.88 bits per heavy atom. The molecule has 2 aromatic heterocycles. The van der Waals surface area contributed by atoms with Crippen LogP contribution in [0.15, 0.2) is 59.4 Å². The molecule has 0 saturated carbocycles. The molecule has 0 radical (unpaired) electrons. The SMILES string of the molecule is O=c1cc(-c2ccc3c(c2)OCO3)[nH]c2nc(Cc3ccccc3)nn12. The minimum atomic E-state index is -0.238. The average Bonchev–Trinajstić information content (AvgIpc) is 3.28. The summed E-state index contributed by atoms with van der Waals surface area (Å²) in [5.74, 6) is 2.36. The zero-order valence-electron chi connectivity index (χ0n) is 13.7. The summed E-state index contributed by atoms with van der Waals surface area (Å²) in [5.41, 5.74) is 2.32. The van der Waals surface area contributed by atoms with Gasteiger partial charge in [-0.15, -0.1) is 5.10 Å². The Labute approximate surface area is 147 Å². The highest BCUT2D eigenvalue weighted by Gasteiger charge is 2.15. The Balaban J connectivity index is 1.55. The molecule has 0 atom stereocenters. The summed E-state index contributed by atoms with van der Waals surface area (Å²) in [4.78, 5) is 20.1. The van der Waals surface area contributed by atoms with Crippen molar-refractivity contribution in [3.63, 3.8) is 0 Å². The van der Waals surface area contributed by atoms with Crippen molar-refractivity contribution in [3.05, 3.63) is 76.3 Å². The van der Waals surface area contributed by atoms with Gasteiger partial charge in [-0.3, -0.25) is 4.79 Å². The van der Waals surface area contributed by atoms with Crippen LogP contribution in [0.2, 0.25) is 0 Å². The minimum absolute atomic E-state index is 0.210. The average molecular weight is 346 g/mol. The number of fused-ring (bicyclic) bond motifs is 2. The molecule has 0 fully saturated rings. The molecule has 4 aromatic rings. The van der Waals surface area contributed by atoms with Crippen LogP contribution in [0.3, 0.4) is 0 Å². The molecule has 0 spiro atoms. The Kier molecular flexibility index (Phi) is 3.24. The molecular weight excluding hydrogens is 332 g/mol. The number of benzene rings is 2. The summed E-state index contributed by atoms with van der Waals surface area (Å²) in [7, 11) is 0. The fourth-order valence-electron chi connectivity index (χ4n) is 3.00. The second-order valence-corrected chi connectivity index (χ2v) is 6.02. The molecule has 0 unspecified atom stereocenters. The van der Waals surface area contributed by atoms with Crippen LogP contribution in [0.25, 0.3) is 17.0 Å². The fraction of sp³-hybridized carbons (Fsp3) is 0.105. The van der Waals surface area contributed by atoms with E-state index in [1.165, 1.54) is 10.6 Å². The van der Waals surface area contributed by atoms with Crippen molar-refractivity contribution in [3.8, 4) is 22.8 Å². The van der Waals surface area contributed by atoms with Gasteiger partial charge in [-0.2, -0.15) is 9.50 Å². The molecule has 3 heterocycles. The van der Waals surface area contributed by atoms with Gasteiger partial charge in [0.2, 0.25) is 12.6 Å². The van der Waals surface area contributed by atoms with E-state index in [-0.39, 0.29) is 12.4 Å². The van der Waals surface area contributed by atoms with Crippen molar-refractivity contribution in [2.45, 2.75) is 6.42 Å². The van der Waals surface area contributed by atoms with E-state index in [2.05, 4.69) is 15.1 Å². The Morgan fingerprint density at radius 3 is 2.77 bits per heavy atom. The van der Waals surface area contributed by atoms with Crippen molar-refractivity contribution in [2.75, 3.05) is 6.79 Å². The lowest BCUT2D eigenvalue weighted by atomic mass is 10.1. The summed E-state index contributed by atoms with van der Waals surface area (Å²) in [6.45, 7) is 0.210. The standard InChI is InChI=1S/C19H14N4O3/c24-18-10-14(13-6-7-15-16(9-13)26-11-25-15)20-19-21-17(22-23(18)19)8-12-4-2-1-3-5-12/h1-7,9-10H,8,11H2,(H,20,21,22). The smallest absolute Gasteiger partial charge is 0.276 e. The number of rotatable bonds is 3. The van der Waals surface area contributed by atoms with Crippen LogP contribution >= 0.6 is 0 Å². The third-order valence-electron chi connectivity index (χ3n) is 4.26. The van der Waals surface area contributed by atoms with Crippen LogP contribution in [0.1, 0.15) is 11.4 Å². The molecule has 128 valence electrons. The molecule has 1 aliphatic rings. The molecule has 1 aliphatic heterocycles. The number of hydrogen-bond acceptors (Lipinski definition) is 5. The number of ether oxygens (including phenoxy) is 2. The molecule has 5 rings (SSSR count). The topological polar surface area (TPSA) is 81.5 Å². The third-order valence-corrected chi connectivity index (χ3v) is 4.26. The summed E-state index contributed by atoms with van der Waals surface area (Å²) < 4.78 is 12.0. The van der Waals surface area contributed by atoms with Gasteiger partial charge in [0.25, 0.3) is 5.56 Å². The van der Waals surface area contributed by atoms with Gasteiger partial charge in [0.15, 0.2) is 17.3 Å². The zero-order chi connectivity index (χ0) is 17.5. The first-order valence-corrected chi connectivity index (χ1v) is 8.19. The quantitative estimate of drug-likeness (QED) is 0.616. The normalized spacial score (nSPS) is 12.6. The third kappa shape index (κ3) is 2.50. The molecule has 0 saturated heterocycles. The lowest BCUT2D eigenvalue weighted by Crippen LogP contribution is -2.14. The molecule has 0 bridgehead atoms. The highest BCUT2D eigenvalue weighted by molar-refractivity contribution is 5.65. The van der Waals surface area contributed by atoms with Gasteiger partial charge in [0.1, 0.15) is 0 Å². The predicted molar refractivity (Wildman–Crippen MR) is 94.4 cm³/mol. The Bertz CT molecular complexity index is 1160. The van der Waals surface area contributed by atoms with Gasteiger partial charge in [0, 0.05) is 18.1 Å². The van der Waals surface area contributed by atoms with Crippen molar-refractivity contribution >= 4 is 5.78 Å². The maximum atomic E-state index is 12.5. The van der Waals surface area contributed by atoms with E-state index < -0.39 is 0 Å². The second-order valence-electron chi connectivity index (χ2n) is 6.02. The van der Waals surface area contributed by atoms with Gasteiger partial charge in [0.05, 0.1) is 5.69 Å². The van der Waals surface area contributed by atoms with E-state index in [1.54, 1.807) is 0 Å². The maximum absolute atomic E-state index is 12.5. The van der Waals surface area contributed by atoms with Crippen LogP contribution < -0.4 is 15.0 Å². The number of nitrogens with zero attached hydrogens (tertiary/aromatic N) is 3. The zero-order valence-corrected chi connectivity index (χ0v) is 13.7. The molecular formula is C19H14N4O3. The predicted octanol–water partition coefficient (Wildman–Crippen LogP) is 2.40. The molecule has 0 aliphatic carbocycles. The van der Waals surface area contributed by atoms with E-state index in [4.69, 9.17) is 9.47 Å². The minimum Gasteiger partial charge on any atom is -0.454 e. The van der Waals surface area contributed by atoms with Crippen molar-refractivity contribution in [1.29, 1.82) is 0 Å². The molecule has 7 nitrogen and oxygen atoms in total. The van der Waals surface area contributed by atoms with Gasteiger partial charge in [-0.05, 0) is 23.8 Å². The van der Waals surface area contributed by atoms with E-state index in [0.717, 1.165) is 11.1 Å². The first kappa shape index (κ1) is 14.7. The second kappa shape index (κ2) is 5.73. The molecule has 0 amide bonds. The summed E-state index contributed by atoms with van der Waals surface area (Å²) in [6.07, 6.45) is 0.565.